The first kappa shape index (κ1) is 26.2. The molecule has 7 nitrogen and oxygen atoms in total. The van der Waals surface area contributed by atoms with E-state index in [1.54, 1.807) is 6.92 Å². The van der Waals surface area contributed by atoms with Gasteiger partial charge in [-0.1, -0.05) is 27.7 Å². The van der Waals surface area contributed by atoms with E-state index in [2.05, 4.69) is 0 Å². The molecule has 0 aliphatic heterocycles. The molecule has 4 aliphatic carbocycles. The van der Waals surface area contributed by atoms with Crippen LogP contribution in [-0.4, -0.2) is 72.0 Å². The maximum absolute atomic E-state index is 13.3. The van der Waals surface area contributed by atoms with Gasteiger partial charge in [0.25, 0.3) is 0 Å². The molecule has 11 atom stereocenters. The van der Waals surface area contributed by atoms with Crippen molar-refractivity contribution in [2.24, 2.45) is 34.5 Å². The molecule has 0 amide bonds. The van der Waals surface area contributed by atoms with Crippen LogP contribution in [0, 0.1) is 34.5 Å². The van der Waals surface area contributed by atoms with E-state index in [1.807, 2.05) is 27.7 Å². The lowest BCUT2D eigenvalue weighted by Gasteiger charge is -2.62. The minimum atomic E-state index is -1.38. The summed E-state index contributed by atoms with van der Waals surface area (Å²) in [4.78, 5) is 13.3. The van der Waals surface area contributed by atoms with Crippen LogP contribution >= 0.6 is 0 Å². The van der Waals surface area contributed by atoms with Gasteiger partial charge in [-0.3, -0.25) is 4.79 Å². The molecule has 4 rings (SSSR count). The molecule has 3 fully saturated rings. The van der Waals surface area contributed by atoms with Crippen LogP contribution in [0.15, 0.2) is 11.6 Å². The summed E-state index contributed by atoms with van der Waals surface area (Å²) >= 11 is 0. The van der Waals surface area contributed by atoms with E-state index in [0.717, 1.165) is 0 Å². The van der Waals surface area contributed by atoms with Gasteiger partial charge in [-0.05, 0) is 74.3 Å². The summed E-state index contributed by atoms with van der Waals surface area (Å²) in [6.45, 7) is 9.54. The molecule has 0 heterocycles. The molecule has 0 bridgehead atoms. The molecule has 0 spiro atoms. The summed E-state index contributed by atoms with van der Waals surface area (Å²) in [5.41, 5.74) is -3.77. The highest BCUT2D eigenvalue weighted by Crippen LogP contribution is 2.68. The lowest BCUT2D eigenvalue weighted by molar-refractivity contribution is -0.186. The Morgan fingerprint density at radius 2 is 1.76 bits per heavy atom. The summed E-state index contributed by atoms with van der Waals surface area (Å²) in [5, 5.41) is 66.5. The van der Waals surface area contributed by atoms with Gasteiger partial charge in [0.15, 0.2) is 5.78 Å². The zero-order chi connectivity index (χ0) is 25.4. The number of fused-ring (bicyclic) bond motifs is 5. The Balaban J connectivity index is 1.71. The first-order chi connectivity index (χ1) is 15.6. The van der Waals surface area contributed by atoms with Crippen LogP contribution in [0.3, 0.4) is 0 Å². The highest BCUT2D eigenvalue weighted by atomic mass is 16.3. The lowest BCUT2D eigenvalue weighted by atomic mass is 9.45. The van der Waals surface area contributed by atoms with E-state index in [9.17, 15) is 35.4 Å². The first-order valence-corrected chi connectivity index (χ1v) is 13.0. The van der Waals surface area contributed by atoms with Gasteiger partial charge in [-0.25, -0.2) is 0 Å². The number of hydrogen-bond acceptors (Lipinski definition) is 7. The number of aliphatic hydroxyl groups excluding tert-OH is 4. The normalized spacial score (nSPS) is 49.1. The van der Waals surface area contributed by atoms with Crippen molar-refractivity contribution in [1.82, 2.24) is 0 Å². The molecular weight excluding hydrogens is 436 g/mol. The standard InChI is InChI=1S/C27H44O7/c1-14(2)8-15(28)11-26(5,33)22-6-7-27(34)17-10-18(29)16-9-19(30)20(31)12-24(16,3)23(17)21(32)13-25(22,27)4/h10,14-16,19-23,28,30-34H,6-9,11-13H2,1-5H3/t15-,16-,19+,20-,21+,22-,23+,24-,25+,26-,27+/m0/s1. The Hall–Kier alpha value is -0.830. The van der Waals surface area contributed by atoms with Crippen LogP contribution in [0.5, 0.6) is 0 Å². The minimum Gasteiger partial charge on any atom is -0.393 e. The number of allylic oxidation sites excluding steroid dienone is 1. The van der Waals surface area contributed by atoms with Crippen LogP contribution in [0.1, 0.15) is 79.6 Å². The van der Waals surface area contributed by atoms with Gasteiger partial charge < -0.3 is 30.6 Å². The van der Waals surface area contributed by atoms with Crippen molar-refractivity contribution in [2.75, 3.05) is 0 Å². The predicted octanol–water partition coefficient (Wildman–Crippen LogP) is 1.71. The second-order valence-electron chi connectivity index (χ2n) is 13.1. The quantitative estimate of drug-likeness (QED) is 0.352. The lowest BCUT2D eigenvalue weighted by Crippen LogP contribution is -2.65. The highest BCUT2D eigenvalue weighted by Gasteiger charge is 2.70. The van der Waals surface area contributed by atoms with Gasteiger partial charge in [0.1, 0.15) is 0 Å². The van der Waals surface area contributed by atoms with Crippen molar-refractivity contribution in [3.05, 3.63) is 11.6 Å². The molecule has 34 heavy (non-hydrogen) atoms. The van der Waals surface area contributed by atoms with E-state index in [4.69, 9.17) is 0 Å². The Bertz CT molecular complexity index is 852. The fourth-order valence-electron chi connectivity index (χ4n) is 8.73. The molecule has 0 unspecified atom stereocenters. The van der Waals surface area contributed by atoms with Gasteiger partial charge in [0.2, 0.25) is 0 Å². The fraction of sp³-hybridized carbons (Fsp3) is 0.889. The van der Waals surface area contributed by atoms with E-state index >= 15 is 0 Å². The smallest absolute Gasteiger partial charge is 0.159 e. The van der Waals surface area contributed by atoms with E-state index in [-0.39, 0.29) is 43.3 Å². The summed E-state index contributed by atoms with van der Waals surface area (Å²) < 4.78 is 0. The van der Waals surface area contributed by atoms with Gasteiger partial charge in [-0.2, -0.15) is 0 Å². The Morgan fingerprint density at radius 1 is 1.12 bits per heavy atom. The zero-order valence-corrected chi connectivity index (χ0v) is 21.2. The van der Waals surface area contributed by atoms with Crippen molar-refractivity contribution in [3.8, 4) is 0 Å². The third-order valence-corrected chi connectivity index (χ3v) is 10.2. The third kappa shape index (κ3) is 3.73. The van der Waals surface area contributed by atoms with Crippen molar-refractivity contribution in [2.45, 2.75) is 115 Å². The van der Waals surface area contributed by atoms with E-state index < -0.39 is 58.3 Å². The number of aliphatic hydroxyl groups is 6. The van der Waals surface area contributed by atoms with E-state index in [1.165, 1.54) is 6.08 Å². The van der Waals surface area contributed by atoms with E-state index in [0.29, 0.717) is 24.8 Å². The topological polar surface area (TPSA) is 138 Å². The van der Waals surface area contributed by atoms with Crippen LogP contribution in [-0.2, 0) is 4.79 Å². The van der Waals surface area contributed by atoms with Gasteiger partial charge in [-0.15, -0.1) is 0 Å². The Kier molecular flexibility index (Phi) is 6.45. The molecule has 0 radical (unpaired) electrons. The van der Waals surface area contributed by atoms with Crippen molar-refractivity contribution in [1.29, 1.82) is 0 Å². The monoisotopic (exact) mass is 480 g/mol. The molecule has 6 N–H and O–H groups in total. The van der Waals surface area contributed by atoms with Gasteiger partial charge in [0, 0.05) is 23.7 Å². The van der Waals surface area contributed by atoms with Gasteiger partial charge in [0.05, 0.1) is 35.6 Å². The molecule has 194 valence electrons. The second kappa shape index (κ2) is 8.35. The summed E-state index contributed by atoms with van der Waals surface area (Å²) in [6, 6.07) is 0. The molecule has 0 aromatic carbocycles. The number of carbonyl (C=O) groups excluding carboxylic acids is 1. The summed E-state index contributed by atoms with van der Waals surface area (Å²) in [7, 11) is 0. The largest absolute Gasteiger partial charge is 0.393 e. The third-order valence-electron chi connectivity index (χ3n) is 10.2. The summed E-state index contributed by atoms with van der Waals surface area (Å²) in [6.07, 6.45) is 0.204. The van der Waals surface area contributed by atoms with Crippen LogP contribution in [0.2, 0.25) is 0 Å². The maximum Gasteiger partial charge on any atom is 0.159 e. The number of rotatable bonds is 5. The average Bonchev–Trinajstić information content (AvgIpc) is 2.94. The number of hydrogen-bond donors (Lipinski definition) is 6. The number of ketones is 1. The molecule has 0 aromatic rings. The minimum absolute atomic E-state index is 0.143. The molecule has 4 aliphatic rings. The second-order valence-corrected chi connectivity index (χ2v) is 13.1. The average molecular weight is 481 g/mol. The van der Waals surface area contributed by atoms with Crippen LogP contribution < -0.4 is 0 Å². The zero-order valence-electron chi connectivity index (χ0n) is 21.2. The molecule has 0 saturated heterocycles. The Morgan fingerprint density at radius 3 is 2.38 bits per heavy atom. The van der Waals surface area contributed by atoms with Crippen LogP contribution in [0.4, 0.5) is 0 Å². The van der Waals surface area contributed by atoms with Crippen molar-refractivity contribution < 1.29 is 35.4 Å². The van der Waals surface area contributed by atoms with Crippen molar-refractivity contribution in [3.63, 3.8) is 0 Å². The number of carbonyl (C=O) groups is 1. The van der Waals surface area contributed by atoms with Crippen molar-refractivity contribution >= 4 is 5.78 Å². The highest BCUT2D eigenvalue weighted by molar-refractivity contribution is 5.95. The molecular formula is C27H44O7. The molecule has 0 aromatic heterocycles. The molecule has 7 heteroatoms. The SMILES string of the molecule is CC(C)C[C@H](O)C[C@](C)(O)[C@H]1CC[C@@]2(O)C3=CC(=O)[C@@H]4C[C@@H](O)[C@@H](O)C[C@]4(C)[C@H]3[C@H](O)C[C@]12C. The maximum atomic E-state index is 13.3. The Labute approximate surface area is 202 Å². The molecule has 3 saturated carbocycles. The fourth-order valence-corrected chi connectivity index (χ4v) is 8.73. The first-order valence-electron chi connectivity index (χ1n) is 13.0. The van der Waals surface area contributed by atoms with Crippen LogP contribution in [0.25, 0.3) is 0 Å². The predicted molar refractivity (Wildman–Crippen MR) is 127 cm³/mol. The van der Waals surface area contributed by atoms with Gasteiger partial charge >= 0.3 is 0 Å². The summed E-state index contributed by atoms with van der Waals surface area (Å²) in [5.74, 6) is -1.29.